The van der Waals surface area contributed by atoms with Gasteiger partial charge in [-0.2, -0.15) is 0 Å². The lowest BCUT2D eigenvalue weighted by Gasteiger charge is -2.09. The van der Waals surface area contributed by atoms with Gasteiger partial charge >= 0.3 is 0 Å². The average Bonchev–Trinajstić information content (AvgIpc) is 2.30. The molecule has 2 heteroatoms. The van der Waals surface area contributed by atoms with Crippen molar-refractivity contribution in [2.45, 2.75) is 32.6 Å². The molecule has 1 nitrogen and oxygen atoms in total. The minimum atomic E-state index is 0.936. The first kappa shape index (κ1) is 13.0. The van der Waals surface area contributed by atoms with Gasteiger partial charge in [0.25, 0.3) is 0 Å². The van der Waals surface area contributed by atoms with Crippen molar-refractivity contribution in [2.24, 2.45) is 0 Å². The van der Waals surface area contributed by atoms with E-state index in [2.05, 4.69) is 58.0 Å². The molecule has 2 rings (SSSR count). The summed E-state index contributed by atoms with van der Waals surface area (Å²) < 4.78 is 5.82. The molecule has 0 bridgehead atoms. The Kier molecular flexibility index (Phi) is 3.97. The number of aryl methyl sites for hydroxylation is 4. The molecule has 0 aliphatic carbocycles. The van der Waals surface area contributed by atoms with Crippen LogP contribution >= 0.6 is 12.0 Å². The molecule has 2 aromatic rings. The summed E-state index contributed by atoms with van der Waals surface area (Å²) >= 11 is 1.43. The van der Waals surface area contributed by atoms with E-state index in [0.29, 0.717) is 0 Å². The van der Waals surface area contributed by atoms with Crippen molar-refractivity contribution in [3.8, 4) is 5.75 Å². The van der Waals surface area contributed by atoms with Crippen molar-refractivity contribution in [1.29, 1.82) is 0 Å². The molecule has 0 N–H and O–H groups in total. The van der Waals surface area contributed by atoms with E-state index in [9.17, 15) is 0 Å². The molecule has 0 spiro atoms. The van der Waals surface area contributed by atoms with Gasteiger partial charge in [0.1, 0.15) is 5.75 Å². The topological polar surface area (TPSA) is 9.23 Å². The van der Waals surface area contributed by atoms with Gasteiger partial charge in [0.2, 0.25) is 0 Å². The van der Waals surface area contributed by atoms with Gasteiger partial charge in [0.15, 0.2) is 0 Å². The molecule has 0 aromatic heterocycles. The molecule has 0 heterocycles. The second-order valence-corrected chi connectivity index (χ2v) is 5.48. The first-order chi connectivity index (χ1) is 8.56. The highest BCUT2D eigenvalue weighted by molar-refractivity contribution is 7.95. The molecule has 0 atom stereocenters. The van der Waals surface area contributed by atoms with E-state index in [1.807, 2.05) is 6.07 Å². The average molecular weight is 258 g/mol. The zero-order valence-corrected chi connectivity index (χ0v) is 12.1. The first-order valence-electron chi connectivity index (χ1n) is 6.05. The van der Waals surface area contributed by atoms with Gasteiger partial charge in [-0.05, 0) is 51.0 Å². The van der Waals surface area contributed by atoms with Crippen LogP contribution in [0.3, 0.4) is 0 Å². The van der Waals surface area contributed by atoms with Crippen LogP contribution in [0.1, 0.15) is 22.3 Å². The molecular formula is C16H18OS. The Morgan fingerprint density at radius 3 is 2.00 bits per heavy atom. The second kappa shape index (κ2) is 5.49. The second-order valence-electron chi connectivity index (χ2n) is 4.70. The maximum Gasteiger partial charge on any atom is 0.140 e. The molecule has 0 saturated heterocycles. The standard InChI is InChI=1S/C16H18OS/c1-11-5-7-15(13(3)9-11)17-18-16-8-6-12(2)10-14(16)4/h5-10H,1-4H3. The zero-order chi connectivity index (χ0) is 13.1. The lowest BCUT2D eigenvalue weighted by Crippen LogP contribution is -1.89. The van der Waals surface area contributed by atoms with Crippen LogP contribution in [-0.4, -0.2) is 0 Å². The zero-order valence-electron chi connectivity index (χ0n) is 11.3. The van der Waals surface area contributed by atoms with Crippen LogP contribution < -0.4 is 4.18 Å². The highest BCUT2D eigenvalue weighted by Crippen LogP contribution is 2.29. The van der Waals surface area contributed by atoms with Crippen molar-refractivity contribution in [3.05, 3.63) is 58.7 Å². The van der Waals surface area contributed by atoms with Gasteiger partial charge in [-0.15, -0.1) is 0 Å². The van der Waals surface area contributed by atoms with Crippen LogP contribution in [0.4, 0.5) is 0 Å². The lowest BCUT2D eigenvalue weighted by molar-refractivity contribution is 0.639. The minimum Gasteiger partial charge on any atom is -0.420 e. The smallest absolute Gasteiger partial charge is 0.140 e. The molecule has 0 fully saturated rings. The van der Waals surface area contributed by atoms with Gasteiger partial charge in [0.05, 0.1) is 16.9 Å². The summed E-state index contributed by atoms with van der Waals surface area (Å²) in [6, 6.07) is 12.6. The lowest BCUT2D eigenvalue weighted by atomic mass is 10.1. The third-order valence-corrected chi connectivity index (χ3v) is 3.78. The van der Waals surface area contributed by atoms with Crippen LogP contribution in [0.5, 0.6) is 5.75 Å². The predicted octanol–water partition coefficient (Wildman–Crippen LogP) is 5.01. The summed E-state index contributed by atoms with van der Waals surface area (Å²) in [5.74, 6) is 0.936. The van der Waals surface area contributed by atoms with Gasteiger partial charge in [-0.25, -0.2) is 0 Å². The Bertz CT molecular complexity index is 510. The number of benzene rings is 2. The summed E-state index contributed by atoms with van der Waals surface area (Å²) in [6.45, 7) is 8.38. The van der Waals surface area contributed by atoms with Crippen LogP contribution in [-0.2, 0) is 0 Å². The van der Waals surface area contributed by atoms with E-state index < -0.39 is 0 Å². The van der Waals surface area contributed by atoms with Crippen molar-refractivity contribution < 1.29 is 4.18 Å². The van der Waals surface area contributed by atoms with Crippen molar-refractivity contribution >= 4 is 12.0 Å². The van der Waals surface area contributed by atoms with E-state index in [4.69, 9.17) is 4.18 Å². The van der Waals surface area contributed by atoms with E-state index in [1.54, 1.807) is 0 Å². The quantitative estimate of drug-likeness (QED) is 0.716. The minimum absolute atomic E-state index is 0.936. The fourth-order valence-corrected chi connectivity index (χ4v) is 2.56. The van der Waals surface area contributed by atoms with Gasteiger partial charge in [-0.3, -0.25) is 0 Å². The van der Waals surface area contributed by atoms with Gasteiger partial charge in [0, 0.05) is 0 Å². The Morgan fingerprint density at radius 2 is 1.39 bits per heavy atom. The molecule has 0 radical (unpaired) electrons. The molecule has 94 valence electrons. The predicted molar refractivity (Wildman–Crippen MR) is 78.3 cm³/mol. The fourth-order valence-electron chi connectivity index (χ4n) is 1.88. The summed E-state index contributed by atoms with van der Waals surface area (Å²) in [5, 5.41) is 0. The van der Waals surface area contributed by atoms with Gasteiger partial charge < -0.3 is 4.18 Å². The maximum atomic E-state index is 5.82. The largest absolute Gasteiger partial charge is 0.420 e. The van der Waals surface area contributed by atoms with E-state index in [0.717, 1.165) is 5.75 Å². The third kappa shape index (κ3) is 3.08. The SMILES string of the molecule is Cc1ccc(OSc2ccc(C)cc2C)c(C)c1. The summed E-state index contributed by atoms with van der Waals surface area (Å²) in [5.41, 5.74) is 4.97. The molecule has 0 unspecified atom stereocenters. The molecule has 18 heavy (non-hydrogen) atoms. The highest BCUT2D eigenvalue weighted by Gasteiger charge is 2.04. The van der Waals surface area contributed by atoms with E-state index in [-0.39, 0.29) is 0 Å². The molecule has 0 amide bonds. The normalized spacial score (nSPS) is 10.4. The molecular weight excluding hydrogens is 240 g/mol. The Hall–Kier alpha value is -1.41. The third-order valence-electron chi connectivity index (χ3n) is 2.88. The molecule has 0 saturated carbocycles. The Balaban J connectivity index is 2.11. The van der Waals surface area contributed by atoms with Crippen molar-refractivity contribution in [2.75, 3.05) is 0 Å². The first-order valence-corrected chi connectivity index (χ1v) is 6.79. The molecule has 0 aliphatic heterocycles. The van der Waals surface area contributed by atoms with Crippen molar-refractivity contribution in [3.63, 3.8) is 0 Å². The molecule has 0 aliphatic rings. The fraction of sp³-hybridized carbons (Fsp3) is 0.250. The summed E-state index contributed by atoms with van der Waals surface area (Å²) in [6.07, 6.45) is 0. The number of hydrogen-bond donors (Lipinski definition) is 0. The monoisotopic (exact) mass is 258 g/mol. The van der Waals surface area contributed by atoms with Crippen LogP contribution in [0.2, 0.25) is 0 Å². The molecule has 2 aromatic carbocycles. The van der Waals surface area contributed by atoms with E-state index in [1.165, 1.54) is 39.2 Å². The summed E-state index contributed by atoms with van der Waals surface area (Å²) in [7, 11) is 0. The van der Waals surface area contributed by atoms with Crippen molar-refractivity contribution in [1.82, 2.24) is 0 Å². The maximum absolute atomic E-state index is 5.82. The summed E-state index contributed by atoms with van der Waals surface area (Å²) in [4.78, 5) is 1.17. The highest BCUT2D eigenvalue weighted by atomic mass is 32.2. The Morgan fingerprint density at radius 1 is 0.778 bits per heavy atom. The van der Waals surface area contributed by atoms with Crippen LogP contribution in [0.15, 0.2) is 41.3 Å². The van der Waals surface area contributed by atoms with E-state index >= 15 is 0 Å². The number of rotatable bonds is 3. The Labute approximate surface area is 113 Å². The number of hydrogen-bond acceptors (Lipinski definition) is 2. The van der Waals surface area contributed by atoms with Gasteiger partial charge in [-0.1, -0.05) is 35.4 Å². The van der Waals surface area contributed by atoms with Crippen LogP contribution in [0, 0.1) is 27.7 Å². The van der Waals surface area contributed by atoms with Crippen LogP contribution in [0.25, 0.3) is 0 Å².